The van der Waals surface area contributed by atoms with Gasteiger partial charge in [-0.05, 0) is 6.92 Å². The van der Waals surface area contributed by atoms with Crippen LogP contribution in [-0.2, 0) is 13.1 Å². The van der Waals surface area contributed by atoms with E-state index >= 15 is 0 Å². The predicted octanol–water partition coefficient (Wildman–Crippen LogP) is -1.26. The zero-order valence-electron chi connectivity index (χ0n) is 8.22. The number of aliphatic hydroxyl groups is 2. The van der Waals surface area contributed by atoms with E-state index in [9.17, 15) is 0 Å². The zero-order chi connectivity index (χ0) is 10.4. The lowest BCUT2D eigenvalue weighted by atomic mass is 10.4. The smallest absolute Gasteiger partial charge is 0.0964 e. The molecule has 6 heteroatoms. The summed E-state index contributed by atoms with van der Waals surface area (Å²) in [7, 11) is 0. The van der Waals surface area contributed by atoms with Crippen molar-refractivity contribution in [1.29, 1.82) is 0 Å². The van der Waals surface area contributed by atoms with E-state index in [1.54, 1.807) is 17.8 Å². The second-order valence-electron chi connectivity index (χ2n) is 3.18. The average Bonchev–Trinajstić information content (AvgIpc) is 2.53. The minimum Gasteiger partial charge on any atom is -0.394 e. The third-order valence-corrected chi connectivity index (χ3v) is 1.66. The van der Waals surface area contributed by atoms with Gasteiger partial charge in [-0.3, -0.25) is 0 Å². The van der Waals surface area contributed by atoms with Crippen LogP contribution in [0.4, 0.5) is 0 Å². The van der Waals surface area contributed by atoms with Crippen LogP contribution in [0.1, 0.15) is 12.6 Å². The number of hydrogen-bond acceptors (Lipinski definition) is 5. The molecule has 0 aromatic carbocycles. The highest BCUT2D eigenvalue weighted by molar-refractivity contribution is 4.91. The van der Waals surface area contributed by atoms with Gasteiger partial charge in [-0.15, -0.1) is 5.10 Å². The third kappa shape index (κ3) is 3.82. The van der Waals surface area contributed by atoms with Gasteiger partial charge in [0.05, 0.1) is 24.9 Å². The number of rotatable bonds is 6. The minimum absolute atomic E-state index is 0.0594. The maximum atomic E-state index is 8.98. The van der Waals surface area contributed by atoms with Crippen molar-refractivity contribution in [2.24, 2.45) is 0 Å². The van der Waals surface area contributed by atoms with Crippen molar-refractivity contribution in [2.45, 2.75) is 26.1 Å². The van der Waals surface area contributed by atoms with E-state index in [0.29, 0.717) is 19.6 Å². The normalized spacial score (nSPS) is 13.1. The predicted molar refractivity (Wildman–Crippen MR) is 50.5 cm³/mol. The fraction of sp³-hybridized carbons (Fsp3) is 0.750. The van der Waals surface area contributed by atoms with E-state index in [-0.39, 0.29) is 12.7 Å². The summed E-state index contributed by atoms with van der Waals surface area (Å²) in [4.78, 5) is 0. The molecule has 1 rings (SSSR count). The van der Waals surface area contributed by atoms with Crippen LogP contribution in [-0.4, -0.2) is 44.5 Å². The minimum atomic E-state index is -0.359. The van der Waals surface area contributed by atoms with Crippen LogP contribution in [0.3, 0.4) is 0 Å². The van der Waals surface area contributed by atoms with Gasteiger partial charge < -0.3 is 15.5 Å². The van der Waals surface area contributed by atoms with Gasteiger partial charge >= 0.3 is 0 Å². The highest BCUT2D eigenvalue weighted by Crippen LogP contribution is 1.92. The van der Waals surface area contributed by atoms with Crippen molar-refractivity contribution >= 4 is 0 Å². The maximum absolute atomic E-state index is 8.98. The number of nitrogens with zero attached hydrogens (tertiary/aromatic N) is 3. The molecule has 0 spiro atoms. The summed E-state index contributed by atoms with van der Waals surface area (Å²) in [6.07, 6.45) is 1.41. The molecular weight excluding hydrogens is 184 g/mol. The molecule has 14 heavy (non-hydrogen) atoms. The monoisotopic (exact) mass is 200 g/mol. The second-order valence-corrected chi connectivity index (χ2v) is 3.18. The highest BCUT2D eigenvalue weighted by Gasteiger charge is 2.00. The molecule has 0 amide bonds. The Morgan fingerprint density at radius 1 is 1.64 bits per heavy atom. The van der Waals surface area contributed by atoms with E-state index in [0.717, 1.165) is 5.69 Å². The molecule has 1 atom stereocenters. The van der Waals surface area contributed by atoms with Crippen molar-refractivity contribution in [3.63, 3.8) is 0 Å². The number of nitrogens with one attached hydrogen (secondary N) is 1. The molecule has 0 aliphatic rings. The maximum Gasteiger partial charge on any atom is 0.0964 e. The average molecular weight is 200 g/mol. The molecule has 0 bridgehead atoms. The fourth-order valence-corrected chi connectivity index (χ4v) is 1.04. The summed E-state index contributed by atoms with van der Waals surface area (Å²) in [5.74, 6) is 0. The third-order valence-electron chi connectivity index (χ3n) is 1.66. The van der Waals surface area contributed by atoms with Crippen molar-refractivity contribution < 1.29 is 10.2 Å². The molecule has 3 N–H and O–H groups in total. The van der Waals surface area contributed by atoms with Crippen LogP contribution in [0, 0.1) is 0 Å². The molecule has 1 aromatic rings. The molecule has 0 fully saturated rings. The Bertz CT molecular complexity index is 262. The lowest BCUT2D eigenvalue weighted by Crippen LogP contribution is -2.23. The first-order valence-corrected chi connectivity index (χ1v) is 4.61. The van der Waals surface area contributed by atoms with Crippen LogP contribution < -0.4 is 5.32 Å². The molecule has 80 valence electrons. The highest BCUT2D eigenvalue weighted by atomic mass is 16.3. The lowest BCUT2D eigenvalue weighted by molar-refractivity contribution is 0.191. The Balaban J connectivity index is 2.28. The summed E-state index contributed by atoms with van der Waals surface area (Å²) in [5, 5.41) is 28.3. The van der Waals surface area contributed by atoms with Gasteiger partial charge in [0.25, 0.3) is 0 Å². The van der Waals surface area contributed by atoms with E-state index < -0.39 is 0 Å². The quantitative estimate of drug-likeness (QED) is 0.534. The van der Waals surface area contributed by atoms with E-state index in [2.05, 4.69) is 15.6 Å². The van der Waals surface area contributed by atoms with Gasteiger partial charge in [-0.2, -0.15) is 0 Å². The summed E-state index contributed by atoms with van der Waals surface area (Å²) in [6, 6.07) is 0. The molecular formula is C8H16N4O2. The topological polar surface area (TPSA) is 83.2 Å². The van der Waals surface area contributed by atoms with Gasteiger partial charge in [-0.1, -0.05) is 5.21 Å². The Kier molecular flexibility index (Phi) is 4.51. The Labute approximate surface area is 82.6 Å². The largest absolute Gasteiger partial charge is 0.394 e. The molecule has 0 aliphatic carbocycles. The second kappa shape index (κ2) is 5.69. The standard InChI is InChI=1S/C8H16N4O2/c1-7(14)4-9-5-8-6-12(2-3-13)11-10-8/h6-7,9,13-14H,2-5H2,1H3. The van der Waals surface area contributed by atoms with Crippen LogP contribution in [0.5, 0.6) is 0 Å². The SMILES string of the molecule is CC(O)CNCc1cn(CCO)nn1. The zero-order valence-corrected chi connectivity index (χ0v) is 8.22. The molecule has 0 aliphatic heterocycles. The van der Waals surface area contributed by atoms with Crippen molar-refractivity contribution in [1.82, 2.24) is 20.3 Å². The van der Waals surface area contributed by atoms with Gasteiger partial charge in [0.15, 0.2) is 0 Å². The summed E-state index contributed by atoms with van der Waals surface area (Å²) >= 11 is 0. The number of hydrogen-bond donors (Lipinski definition) is 3. The van der Waals surface area contributed by atoms with Gasteiger partial charge in [0, 0.05) is 19.3 Å². The van der Waals surface area contributed by atoms with Gasteiger partial charge in [-0.25, -0.2) is 4.68 Å². The first kappa shape index (κ1) is 11.1. The van der Waals surface area contributed by atoms with E-state index in [1.807, 2.05) is 0 Å². The molecule has 6 nitrogen and oxygen atoms in total. The molecule has 1 heterocycles. The van der Waals surface area contributed by atoms with Crippen molar-refractivity contribution in [2.75, 3.05) is 13.2 Å². The van der Waals surface area contributed by atoms with E-state index in [4.69, 9.17) is 10.2 Å². The Morgan fingerprint density at radius 3 is 3.07 bits per heavy atom. The van der Waals surface area contributed by atoms with Gasteiger partial charge in [0.1, 0.15) is 0 Å². The van der Waals surface area contributed by atoms with Crippen LogP contribution in [0.2, 0.25) is 0 Å². The number of aromatic nitrogens is 3. The first-order chi connectivity index (χ1) is 6.72. The van der Waals surface area contributed by atoms with E-state index in [1.165, 1.54) is 0 Å². The fourth-order valence-electron chi connectivity index (χ4n) is 1.04. The summed E-state index contributed by atoms with van der Waals surface area (Å²) in [6.45, 7) is 3.35. The summed E-state index contributed by atoms with van der Waals surface area (Å²) in [5.41, 5.74) is 0.805. The number of aliphatic hydroxyl groups excluding tert-OH is 2. The lowest BCUT2D eigenvalue weighted by Gasteiger charge is -2.03. The first-order valence-electron chi connectivity index (χ1n) is 4.61. The molecule has 0 saturated carbocycles. The Morgan fingerprint density at radius 2 is 2.43 bits per heavy atom. The van der Waals surface area contributed by atoms with Crippen LogP contribution >= 0.6 is 0 Å². The Hall–Kier alpha value is -0.980. The molecule has 0 radical (unpaired) electrons. The van der Waals surface area contributed by atoms with Crippen LogP contribution in [0.25, 0.3) is 0 Å². The summed E-state index contributed by atoms with van der Waals surface area (Å²) < 4.78 is 1.58. The van der Waals surface area contributed by atoms with Gasteiger partial charge in [0.2, 0.25) is 0 Å². The van der Waals surface area contributed by atoms with Crippen molar-refractivity contribution in [3.8, 4) is 0 Å². The van der Waals surface area contributed by atoms with Crippen LogP contribution in [0.15, 0.2) is 6.20 Å². The van der Waals surface area contributed by atoms with Crippen molar-refractivity contribution in [3.05, 3.63) is 11.9 Å². The molecule has 0 saturated heterocycles. The molecule has 1 aromatic heterocycles. The molecule has 1 unspecified atom stereocenters.